The number of nitrogens with one attached hydrogen (secondary N) is 2. The monoisotopic (exact) mass is 252 g/mol. The van der Waals surface area contributed by atoms with Gasteiger partial charge in [0.25, 0.3) is 0 Å². The lowest BCUT2D eigenvalue weighted by Crippen LogP contribution is -2.36. The molecule has 1 rings (SSSR count). The van der Waals surface area contributed by atoms with Crippen molar-refractivity contribution < 1.29 is 9.47 Å². The Kier molecular flexibility index (Phi) is 5.79. The predicted molar refractivity (Wildman–Crippen MR) is 73.1 cm³/mol. The summed E-state index contributed by atoms with van der Waals surface area (Å²) in [7, 11) is 3.21. The Labute approximate surface area is 107 Å². The van der Waals surface area contributed by atoms with E-state index in [1.54, 1.807) is 14.2 Å². The van der Waals surface area contributed by atoms with Gasteiger partial charge in [-0.05, 0) is 18.6 Å². The number of methoxy groups -OCH3 is 2. The van der Waals surface area contributed by atoms with Crippen LogP contribution in [0.4, 0.5) is 5.69 Å². The average molecular weight is 252 g/mol. The number of guanidine groups is 1. The second-order valence-corrected chi connectivity index (χ2v) is 3.57. The van der Waals surface area contributed by atoms with Crippen LogP contribution in [0.2, 0.25) is 0 Å². The molecule has 1 aromatic rings. The molecule has 0 radical (unpaired) electrons. The molecule has 0 saturated heterocycles. The van der Waals surface area contributed by atoms with E-state index in [0.717, 1.165) is 17.9 Å². The van der Waals surface area contributed by atoms with Crippen molar-refractivity contribution in [3.05, 3.63) is 18.2 Å². The molecule has 4 N–H and O–H groups in total. The second-order valence-electron chi connectivity index (χ2n) is 3.57. The van der Waals surface area contributed by atoms with Gasteiger partial charge in [0.1, 0.15) is 11.5 Å². The summed E-state index contributed by atoms with van der Waals surface area (Å²) in [4.78, 5) is 4.26. The Morgan fingerprint density at radius 1 is 1.33 bits per heavy atom. The van der Waals surface area contributed by atoms with Crippen molar-refractivity contribution in [3.8, 4) is 11.5 Å². The van der Waals surface area contributed by atoms with E-state index in [0.29, 0.717) is 18.3 Å². The smallest absolute Gasteiger partial charge is 0.210 e. The van der Waals surface area contributed by atoms with E-state index in [1.807, 2.05) is 25.1 Å². The fourth-order valence-corrected chi connectivity index (χ4v) is 1.38. The first kappa shape index (κ1) is 14.1. The SMILES string of the molecule is CCCN=C(NN)Nc1cc(OC)ccc1OC. The van der Waals surface area contributed by atoms with Gasteiger partial charge in [-0.3, -0.25) is 10.4 Å². The summed E-state index contributed by atoms with van der Waals surface area (Å²) in [5.41, 5.74) is 3.26. The van der Waals surface area contributed by atoms with Gasteiger partial charge in [-0.1, -0.05) is 6.92 Å². The van der Waals surface area contributed by atoms with Crippen LogP contribution in [-0.4, -0.2) is 26.7 Å². The molecule has 6 nitrogen and oxygen atoms in total. The maximum absolute atomic E-state index is 5.41. The number of nitrogens with two attached hydrogens (primary N) is 1. The summed E-state index contributed by atoms with van der Waals surface area (Å²) in [5.74, 6) is 7.31. The van der Waals surface area contributed by atoms with Gasteiger partial charge < -0.3 is 14.8 Å². The Hall–Kier alpha value is -1.95. The number of hydrogen-bond donors (Lipinski definition) is 3. The number of benzene rings is 1. The van der Waals surface area contributed by atoms with Crippen molar-refractivity contribution in [2.45, 2.75) is 13.3 Å². The maximum atomic E-state index is 5.41. The summed E-state index contributed by atoms with van der Waals surface area (Å²) in [6.45, 7) is 2.74. The van der Waals surface area contributed by atoms with Crippen molar-refractivity contribution in [1.29, 1.82) is 0 Å². The Bertz CT molecular complexity index is 407. The van der Waals surface area contributed by atoms with Gasteiger partial charge >= 0.3 is 0 Å². The number of anilines is 1. The van der Waals surface area contributed by atoms with Crippen LogP contribution in [-0.2, 0) is 0 Å². The lowest BCUT2D eigenvalue weighted by atomic mass is 10.2. The first-order chi connectivity index (χ1) is 8.74. The van der Waals surface area contributed by atoms with Gasteiger partial charge in [-0.2, -0.15) is 0 Å². The molecule has 18 heavy (non-hydrogen) atoms. The molecule has 100 valence electrons. The van der Waals surface area contributed by atoms with Crippen LogP contribution in [0, 0.1) is 0 Å². The maximum Gasteiger partial charge on any atom is 0.210 e. The third-order valence-corrected chi connectivity index (χ3v) is 2.29. The van der Waals surface area contributed by atoms with Crippen LogP contribution in [0.5, 0.6) is 11.5 Å². The zero-order valence-corrected chi connectivity index (χ0v) is 11.0. The summed E-state index contributed by atoms with van der Waals surface area (Å²) >= 11 is 0. The van der Waals surface area contributed by atoms with Crippen molar-refractivity contribution in [1.82, 2.24) is 5.43 Å². The average Bonchev–Trinajstić information content (AvgIpc) is 2.43. The first-order valence-electron chi connectivity index (χ1n) is 5.75. The van der Waals surface area contributed by atoms with Crippen LogP contribution in [0.1, 0.15) is 13.3 Å². The molecule has 0 saturated carbocycles. The molecular weight excluding hydrogens is 232 g/mol. The summed E-state index contributed by atoms with van der Waals surface area (Å²) in [6, 6.07) is 5.45. The molecular formula is C12H20N4O2. The van der Waals surface area contributed by atoms with Crippen molar-refractivity contribution in [2.75, 3.05) is 26.1 Å². The van der Waals surface area contributed by atoms with Crippen molar-refractivity contribution in [2.24, 2.45) is 10.8 Å². The van der Waals surface area contributed by atoms with E-state index < -0.39 is 0 Å². The van der Waals surface area contributed by atoms with E-state index in [1.165, 1.54) is 0 Å². The van der Waals surface area contributed by atoms with Gasteiger partial charge in [-0.25, -0.2) is 5.84 Å². The Morgan fingerprint density at radius 2 is 2.11 bits per heavy atom. The number of rotatable bonds is 5. The van der Waals surface area contributed by atoms with E-state index in [9.17, 15) is 0 Å². The molecule has 6 heteroatoms. The highest BCUT2D eigenvalue weighted by Gasteiger charge is 2.06. The minimum Gasteiger partial charge on any atom is -0.497 e. The molecule has 0 fully saturated rings. The van der Waals surface area contributed by atoms with Gasteiger partial charge in [0.2, 0.25) is 5.96 Å². The zero-order valence-electron chi connectivity index (χ0n) is 11.0. The quantitative estimate of drug-likeness (QED) is 0.319. The van der Waals surface area contributed by atoms with Crippen LogP contribution in [0.3, 0.4) is 0 Å². The molecule has 0 atom stereocenters. The zero-order chi connectivity index (χ0) is 13.4. The van der Waals surface area contributed by atoms with Crippen LogP contribution in [0.25, 0.3) is 0 Å². The first-order valence-corrected chi connectivity index (χ1v) is 5.75. The lowest BCUT2D eigenvalue weighted by Gasteiger charge is -2.13. The fourth-order valence-electron chi connectivity index (χ4n) is 1.38. The largest absolute Gasteiger partial charge is 0.497 e. The van der Waals surface area contributed by atoms with Crippen molar-refractivity contribution >= 4 is 11.6 Å². The van der Waals surface area contributed by atoms with Gasteiger partial charge in [0.15, 0.2) is 0 Å². The minimum atomic E-state index is 0.489. The molecule has 0 unspecified atom stereocenters. The Morgan fingerprint density at radius 3 is 2.67 bits per heavy atom. The molecule has 0 aromatic heterocycles. The van der Waals surface area contributed by atoms with Gasteiger partial charge in [0.05, 0.1) is 19.9 Å². The predicted octanol–water partition coefficient (Wildman–Crippen LogP) is 1.34. The van der Waals surface area contributed by atoms with E-state index in [2.05, 4.69) is 15.7 Å². The molecule has 0 heterocycles. The highest BCUT2D eigenvalue weighted by Crippen LogP contribution is 2.28. The van der Waals surface area contributed by atoms with E-state index in [4.69, 9.17) is 15.3 Å². The molecule has 1 aromatic carbocycles. The molecule has 0 spiro atoms. The molecule has 0 bridgehead atoms. The highest BCUT2D eigenvalue weighted by atomic mass is 16.5. The summed E-state index contributed by atoms with van der Waals surface area (Å²) in [5, 5.41) is 3.07. The van der Waals surface area contributed by atoms with Crippen LogP contribution in [0.15, 0.2) is 23.2 Å². The molecule has 0 aliphatic heterocycles. The standard InChI is InChI=1S/C12H20N4O2/c1-4-7-14-12(16-13)15-10-8-9(17-2)5-6-11(10)18-3/h5-6,8H,4,7,13H2,1-3H3,(H2,14,15,16). The minimum absolute atomic E-state index is 0.489. The lowest BCUT2D eigenvalue weighted by molar-refractivity contribution is 0.405. The summed E-state index contributed by atoms with van der Waals surface area (Å²) < 4.78 is 10.4. The number of ether oxygens (including phenoxy) is 2. The van der Waals surface area contributed by atoms with Crippen LogP contribution < -0.4 is 26.1 Å². The van der Waals surface area contributed by atoms with E-state index >= 15 is 0 Å². The number of hydrazine groups is 1. The topological polar surface area (TPSA) is 80.9 Å². The molecule has 0 aliphatic rings. The molecule has 0 aliphatic carbocycles. The van der Waals surface area contributed by atoms with Gasteiger partial charge in [-0.15, -0.1) is 0 Å². The number of nitrogens with zero attached hydrogens (tertiary/aromatic N) is 1. The van der Waals surface area contributed by atoms with Gasteiger partial charge in [0, 0.05) is 12.6 Å². The Balaban J connectivity index is 2.92. The van der Waals surface area contributed by atoms with E-state index in [-0.39, 0.29) is 0 Å². The van der Waals surface area contributed by atoms with Crippen LogP contribution >= 0.6 is 0 Å². The fraction of sp³-hybridized carbons (Fsp3) is 0.417. The third-order valence-electron chi connectivity index (χ3n) is 2.29. The van der Waals surface area contributed by atoms with Crippen molar-refractivity contribution in [3.63, 3.8) is 0 Å². The highest BCUT2D eigenvalue weighted by molar-refractivity contribution is 5.94. The number of hydrogen-bond acceptors (Lipinski definition) is 4. The normalized spacial score (nSPS) is 11.0. The molecule has 0 amide bonds. The summed E-state index contributed by atoms with van der Waals surface area (Å²) in [6.07, 6.45) is 0.947. The second kappa shape index (κ2) is 7.39. The third kappa shape index (κ3) is 3.81. The number of aliphatic imine (C=N–C) groups is 1.